The van der Waals surface area contributed by atoms with E-state index in [0.29, 0.717) is 30.7 Å². The zero-order chi connectivity index (χ0) is 21.1. The van der Waals surface area contributed by atoms with Gasteiger partial charge in [-0.3, -0.25) is 13.9 Å². The van der Waals surface area contributed by atoms with E-state index in [4.69, 9.17) is 4.98 Å². The largest absolute Gasteiger partial charge is 0.342 e. The van der Waals surface area contributed by atoms with Crippen LogP contribution in [0.15, 0.2) is 10.9 Å². The van der Waals surface area contributed by atoms with Crippen LogP contribution >= 0.6 is 0 Å². The Balaban J connectivity index is 1.64. The Morgan fingerprint density at radius 1 is 1.21 bits per heavy atom. The number of aryl methyl sites for hydroxylation is 2. The first kappa shape index (κ1) is 20.2. The second kappa shape index (κ2) is 6.99. The van der Waals surface area contributed by atoms with Crippen LogP contribution in [0.2, 0.25) is 0 Å². The third kappa shape index (κ3) is 3.51. The summed E-state index contributed by atoms with van der Waals surface area (Å²) in [5.74, 6) is 1.87. The van der Waals surface area contributed by atoms with Crippen molar-refractivity contribution in [3.63, 3.8) is 0 Å². The van der Waals surface area contributed by atoms with Gasteiger partial charge in [0.2, 0.25) is 5.91 Å². The number of likely N-dealkylation sites (tertiary alicyclic amines) is 1. The Morgan fingerprint density at radius 3 is 2.38 bits per heavy atom. The van der Waals surface area contributed by atoms with Crippen molar-refractivity contribution >= 4 is 17.1 Å². The summed E-state index contributed by atoms with van der Waals surface area (Å²) in [5, 5.41) is 0. The molecule has 0 spiro atoms. The highest BCUT2D eigenvalue weighted by Gasteiger charge is 2.43. The number of pyridine rings is 1. The normalized spacial score (nSPS) is 24.5. The monoisotopic (exact) mass is 398 g/mol. The lowest BCUT2D eigenvalue weighted by atomic mass is 9.96. The number of hydrogen-bond donors (Lipinski definition) is 0. The molecule has 2 fully saturated rings. The zero-order valence-corrected chi connectivity index (χ0v) is 18.7. The molecule has 0 bridgehead atoms. The lowest BCUT2D eigenvalue weighted by Gasteiger charge is -2.20. The van der Waals surface area contributed by atoms with E-state index in [1.54, 1.807) is 4.57 Å². The molecule has 6 nitrogen and oxygen atoms in total. The third-order valence-corrected chi connectivity index (χ3v) is 6.76. The molecule has 3 heterocycles. The number of aromatic nitrogens is 3. The molecule has 6 heteroatoms. The van der Waals surface area contributed by atoms with Gasteiger partial charge in [0.25, 0.3) is 0 Å². The molecule has 2 atom stereocenters. The van der Waals surface area contributed by atoms with Crippen molar-refractivity contribution in [1.29, 1.82) is 0 Å². The van der Waals surface area contributed by atoms with Crippen LogP contribution in [-0.4, -0.2) is 38.0 Å². The Kier molecular flexibility index (Phi) is 4.87. The Bertz CT molecular complexity index is 997. The van der Waals surface area contributed by atoms with Crippen LogP contribution in [0.5, 0.6) is 0 Å². The molecule has 2 aromatic rings. The van der Waals surface area contributed by atoms with Crippen molar-refractivity contribution in [2.75, 3.05) is 13.1 Å². The third-order valence-electron chi connectivity index (χ3n) is 6.76. The zero-order valence-electron chi connectivity index (χ0n) is 18.7. The molecule has 1 aliphatic carbocycles. The molecule has 0 radical (unpaired) electrons. The van der Waals surface area contributed by atoms with E-state index in [1.807, 2.05) is 23.4 Å². The number of amides is 1. The summed E-state index contributed by atoms with van der Waals surface area (Å²) in [6, 6.07) is 2.16. The van der Waals surface area contributed by atoms with Gasteiger partial charge in [0.05, 0.1) is 5.52 Å². The van der Waals surface area contributed by atoms with Gasteiger partial charge in [0.15, 0.2) is 5.65 Å². The van der Waals surface area contributed by atoms with Crippen LogP contribution in [-0.2, 0) is 18.4 Å². The lowest BCUT2D eigenvalue weighted by molar-refractivity contribution is -0.130. The predicted octanol–water partition coefficient (Wildman–Crippen LogP) is 3.45. The van der Waals surface area contributed by atoms with Gasteiger partial charge in [-0.2, -0.15) is 0 Å². The second-order valence-electron chi connectivity index (χ2n) is 10.4. The Labute approximate surface area is 172 Å². The van der Waals surface area contributed by atoms with E-state index in [0.717, 1.165) is 42.8 Å². The fraction of sp³-hybridized carbons (Fsp3) is 0.696. The number of nitrogens with zero attached hydrogens (tertiary/aromatic N) is 4. The SMILES string of the molecule is CCC(=O)N1CC2CC(c3nc4c(cc3C)n(CC(C)(C)C)c(=O)n4C)CC2C1. The summed E-state index contributed by atoms with van der Waals surface area (Å²) >= 11 is 0. The van der Waals surface area contributed by atoms with Crippen molar-refractivity contribution in [1.82, 2.24) is 19.0 Å². The van der Waals surface area contributed by atoms with Crippen LogP contribution in [0.1, 0.15) is 64.1 Å². The molecule has 0 N–H and O–H groups in total. The van der Waals surface area contributed by atoms with E-state index < -0.39 is 0 Å². The van der Waals surface area contributed by atoms with E-state index in [2.05, 4.69) is 33.8 Å². The van der Waals surface area contributed by atoms with Gasteiger partial charge < -0.3 is 4.90 Å². The maximum atomic E-state index is 12.8. The standard InChI is InChI=1S/C23H34N4O2/c1-7-19(28)26-11-16-9-15(10-17(16)12-26)20-14(2)8-18-21(24-20)25(6)22(29)27(18)13-23(3,4)5/h8,15-17H,7,9-13H2,1-6H3. The lowest BCUT2D eigenvalue weighted by Crippen LogP contribution is -2.29. The maximum Gasteiger partial charge on any atom is 0.330 e. The summed E-state index contributed by atoms with van der Waals surface area (Å²) in [4.78, 5) is 32.0. The highest BCUT2D eigenvalue weighted by Crippen LogP contribution is 2.46. The summed E-state index contributed by atoms with van der Waals surface area (Å²) in [6.07, 6.45) is 2.78. The van der Waals surface area contributed by atoms with Crippen molar-refractivity contribution in [2.24, 2.45) is 24.3 Å². The van der Waals surface area contributed by atoms with E-state index in [9.17, 15) is 9.59 Å². The summed E-state index contributed by atoms with van der Waals surface area (Å²) in [5.41, 5.74) is 4.08. The van der Waals surface area contributed by atoms with Gasteiger partial charge in [-0.1, -0.05) is 27.7 Å². The molecule has 4 rings (SSSR count). The predicted molar refractivity (Wildman–Crippen MR) is 115 cm³/mol. The fourth-order valence-electron chi connectivity index (χ4n) is 5.41. The van der Waals surface area contributed by atoms with Crippen molar-refractivity contribution in [3.05, 3.63) is 27.8 Å². The number of carbonyl (C=O) groups excluding carboxylic acids is 1. The van der Waals surface area contributed by atoms with Gasteiger partial charge in [0, 0.05) is 44.7 Å². The van der Waals surface area contributed by atoms with Gasteiger partial charge >= 0.3 is 5.69 Å². The molecular formula is C23H34N4O2. The van der Waals surface area contributed by atoms with Crippen molar-refractivity contribution < 1.29 is 4.79 Å². The van der Waals surface area contributed by atoms with E-state index in [-0.39, 0.29) is 17.0 Å². The number of imidazole rings is 1. The molecule has 2 unspecified atom stereocenters. The molecule has 2 aromatic heterocycles. The molecule has 29 heavy (non-hydrogen) atoms. The fourth-order valence-corrected chi connectivity index (χ4v) is 5.41. The summed E-state index contributed by atoms with van der Waals surface area (Å²) in [7, 11) is 1.83. The van der Waals surface area contributed by atoms with Gasteiger partial charge in [-0.15, -0.1) is 0 Å². The molecule has 158 valence electrons. The van der Waals surface area contributed by atoms with Crippen LogP contribution < -0.4 is 5.69 Å². The summed E-state index contributed by atoms with van der Waals surface area (Å²) in [6.45, 7) is 13.0. The molecule has 2 aliphatic rings. The average molecular weight is 399 g/mol. The Morgan fingerprint density at radius 2 is 1.83 bits per heavy atom. The summed E-state index contributed by atoms with van der Waals surface area (Å²) < 4.78 is 3.57. The number of fused-ring (bicyclic) bond motifs is 2. The van der Waals surface area contributed by atoms with E-state index in [1.165, 1.54) is 5.56 Å². The van der Waals surface area contributed by atoms with E-state index >= 15 is 0 Å². The van der Waals surface area contributed by atoms with Gasteiger partial charge in [-0.25, -0.2) is 9.78 Å². The van der Waals surface area contributed by atoms with Crippen LogP contribution in [0.25, 0.3) is 11.2 Å². The quantitative estimate of drug-likeness (QED) is 0.796. The van der Waals surface area contributed by atoms with Crippen LogP contribution in [0, 0.1) is 24.2 Å². The molecule has 0 aromatic carbocycles. The van der Waals surface area contributed by atoms with Crippen LogP contribution in [0.3, 0.4) is 0 Å². The molecule has 1 saturated carbocycles. The van der Waals surface area contributed by atoms with Crippen LogP contribution in [0.4, 0.5) is 0 Å². The average Bonchev–Trinajstić information content (AvgIpc) is 3.27. The highest BCUT2D eigenvalue weighted by atomic mass is 16.2. The molecular weight excluding hydrogens is 364 g/mol. The number of carbonyl (C=O) groups is 1. The first-order valence-corrected chi connectivity index (χ1v) is 10.9. The number of rotatable bonds is 3. The van der Waals surface area contributed by atoms with Gasteiger partial charge in [-0.05, 0) is 48.6 Å². The minimum atomic E-state index is 0.0102. The first-order chi connectivity index (χ1) is 13.6. The van der Waals surface area contributed by atoms with Gasteiger partial charge in [0.1, 0.15) is 0 Å². The maximum absolute atomic E-state index is 12.8. The highest BCUT2D eigenvalue weighted by molar-refractivity contribution is 5.76. The second-order valence-corrected chi connectivity index (χ2v) is 10.4. The molecule has 1 amide bonds. The van der Waals surface area contributed by atoms with Crippen molar-refractivity contribution in [2.45, 2.75) is 66.3 Å². The minimum Gasteiger partial charge on any atom is -0.342 e. The smallest absolute Gasteiger partial charge is 0.330 e. The Hall–Kier alpha value is -2.11. The first-order valence-electron chi connectivity index (χ1n) is 10.9. The molecule has 1 aliphatic heterocycles. The molecule has 1 saturated heterocycles. The topological polar surface area (TPSA) is 60.1 Å². The number of hydrogen-bond acceptors (Lipinski definition) is 3. The van der Waals surface area contributed by atoms with Crippen molar-refractivity contribution in [3.8, 4) is 0 Å². The minimum absolute atomic E-state index is 0.0102.